The first-order chi connectivity index (χ1) is 11.2. The Kier molecular flexibility index (Phi) is 6.63. The molecule has 3 heteroatoms. The summed E-state index contributed by atoms with van der Waals surface area (Å²) in [6.07, 6.45) is 0. The van der Waals surface area contributed by atoms with E-state index >= 15 is 0 Å². The quantitative estimate of drug-likeness (QED) is 0.597. The van der Waals surface area contributed by atoms with Gasteiger partial charge in [-0.1, -0.05) is 64.1 Å². The van der Waals surface area contributed by atoms with Gasteiger partial charge in [0.2, 0.25) is 0 Å². The fourth-order valence-electron chi connectivity index (χ4n) is 3.07. The molecular formula is C20H31NS2. The normalized spacial score (nSPS) is 13.7. The van der Waals surface area contributed by atoms with Crippen LogP contribution in [0, 0.1) is 0 Å². The Hall–Kier alpha value is -0.900. The van der Waals surface area contributed by atoms with Crippen molar-refractivity contribution in [3.05, 3.63) is 60.7 Å². The molecule has 0 bridgehead atoms. The Bertz CT molecular complexity index is 522. The molecule has 0 saturated carbocycles. The van der Waals surface area contributed by atoms with Crippen LogP contribution in [-0.2, 0) is 0 Å². The summed E-state index contributed by atoms with van der Waals surface area (Å²) in [7, 11) is -1.99. The smallest absolute Gasteiger partial charge is 0.00291 e. The molecule has 2 aromatic rings. The minimum atomic E-state index is -0.994. The van der Waals surface area contributed by atoms with Crippen molar-refractivity contribution in [2.75, 3.05) is 23.0 Å². The van der Waals surface area contributed by atoms with Crippen molar-refractivity contribution in [3.8, 4) is 0 Å². The van der Waals surface area contributed by atoms with E-state index in [-0.39, 0.29) is 0 Å². The number of hydrogen-bond donors (Lipinski definition) is 1. The van der Waals surface area contributed by atoms with Gasteiger partial charge in [0, 0.05) is 9.79 Å². The Balaban J connectivity index is 2.48. The highest BCUT2D eigenvalue weighted by atomic mass is 32.3. The standard InChI is InChI=1S/C20H31NS2/c1-5-22(6-2,19-15-11-9-12-16-19)21-23(7-3,8-4)20-17-13-10-14-18-20/h9-18,21H,5-8H2,1-4H3. The molecule has 128 valence electrons. The van der Waals surface area contributed by atoms with Crippen molar-refractivity contribution in [3.63, 3.8) is 0 Å². The van der Waals surface area contributed by atoms with Gasteiger partial charge in [0.25, 0.3) is 0 Å². The maximum atomic E-state index is 4.28. The predicted molar refractivity (Wildman–Crippen MR) is 110 cm³/mol. The molecule has 23 heavy (non-hydrogen) atoms. The van der Waals surface area contributed by atoms with E-state index in [0.29, 0.717) is 0 Å². The van der Waals surface area contributed by atoms with Gasteiger partial charge in [0.15, 0.2) is 0 Å². The lowest BCUT2D eigenvalue weighted by atomic mass is 10.4. The van der Waals surface area contributed by atoms with Crippen LogP contribution < -0.4 is 4.13 Å². The fourth-order valence-corrected chi connectivity index (χ4v) is 11.7. The number of rotatable bonds is 8. The average molecular weight is 350 g/mol. The predicted octanol–water partition coefficient (Wildman–Crippen LogP) is 6.21. The second-order valence-electron chi connectivity index (χ2n) is 5.63. The zero-order valence-corrected chi connectivity index (χ0v) is 16.6. The highest BCUT2D eigenvalue weighted by Crippen LogP contribution is 2.64. The van der Waals surface area contributed by atoms with E-state index in [1.807, 2.05) is 0 Å². The van der Waals surface area contributed by atoms with Crippen molar-refractivity contribution in [2.24, 2.45) is 0 Å². The van der Waals surface area contributed by atoms with Gasteiger partial charge in [-0.3, -0.25) is 0 Å². The summed E-state index contributed by atoms with van der Waals surface area (Å²) in [6.45, 7) is 9.39. The Labute approximate surface area is 145 Å². The number of nitrogens with one attached hydrogen (secondary N) is 1. The van der Waals surface area contributed by atoms with Crippen LogP contribution in [0.5, 0.6) is 0 Å². The second kappa shape index (κ2) is 8.27. The lowest BCUT2D eigenvalue weighted by Crippen LogP contribution is -2.31. The molecule has 0 aliphatic carbocycles. The molecule has 0 saturated heterocycles. The van der Waals surface area contributed by atoms with Crippen molar-refractivity contribution in [1.29, 1.82) is 0 Å². The van der Waals surface area contributed by atoms with E-state index in [0.717, 1.165) is 0 Å². The molecule has 2 aromatic carbocycles. The highest BCUT2D eigenvalue weighted by Gasteiger charge is 2.32. The van der Waals surface area contributed by atoms with Gasteiger partial charge >= 0.3 is 0 Å². The monoisotopic (exact) mass is 349 g/mol. The van der Waals surface area contributed by atoms with E-state index < -0.39 is 20.4 Å². The minimum Gasteiger partial charge on any atom is -0.236 e. The van der Waals surface area contributed by atoms with E-state index in [2.05, 4.69) is 92.5 Å². The van der Waals surface area contributed by atoms with E-state index in [1.165, 1.54) is 32.8 Å². The third-order valence-corrected chi connectivity index (χ3v) is 13.5. The molecule has 0 heterocycles. The van der Waals surface area contributed by atoms with E-state index in [9.17, 15) is 0 Å². The Morgan fingerprint density at radius 3 is 1.13 bits per heavy atom. The van der Waals surface area contributed by atoms with Crippen molar-refractivity contribution < 1.29 is 0 Å². The van der Waals surface area contributed by atoms with Crippen LogP contribution >= 0.6 is 20.4 Å². The van der Waals surface area contributed by atoms with Gasteiger partial charge < -0.3 is 0 Å². The molecule has 2 rings (SSSR count). The maximum absolute atomic E-state index is 4.28. The molecule has 1 nitrogen and oxygen atoms in total. The lowest BCUT2D eigenvalue weighted by Gasteiger charge is -2.51. The Morgan fingerprint density at radius 1 is 0.565 bits per heavy atom. The largest absolute Gasteiger partial charge is 0.236 e. The zero-order valence-electron chi connectivity index (χ0n) is 14.9. The summed E-state index contributed by atoms with van der Waals surface area (Å²) in [5.41, 5.74) is 0. The molecule has 0 amide bonds. The molecule has 0 aliphatic heterocycles. The van der Waals surface area contributed by atoms with Crippen LogP contribution in [-0.4, -0.2) is 23.0 Å². The van der Waals surface area contributed by atoms with Crippen LogP contribution in [0.2, 0.25) is 0 Å². The van der Waals surface area contributed by atoms with Gasteiger partial charge in [0.1, 0.15) is 0 Å². The maximum Gasteiger partial charge on any atom is 0.00291 e. The highest BCUT2D eigenvalue weighted by molar-refractivity contribution is 8.46. The average Bonchev–Trinajstić information content (AvgIpc) is 2.65. The third-order valence-electron chi connectivity index (χ3n) is 4.68. The minimum absolute atomic E-state index is 0.994. The van der Waals surface area contributed by atoms with E-state index in [4.69, 9.17) is 0 Å². The van der Waals surface area contributed by atoms with Crippen LogP contribution in [0.3, 0.4) is 0 Å². The summed E-state index contributed by atoms with van der Waals surface area (Å²) in [6, 6.07) is 22.2. The van der Waals surface area contributed by atoms with Crippen molar-refractivity contribution in [1.82, 2.24) is 4.13 Å². The van der Waals surface area contributed by atoms with Crippen molar-refractivity contribution >= 4 is 20.4 Å². The zero-order chi connectivity index (χ0) is 16.8. The fraction of sp³-hybridized carbons (Fsp3) is 0.400. The van der Waals surface area contributed by atoms with Crippen LogP contribution in [0.4, 0.5) is 0 Å². The summed E-state index contributed by atoms with van der Waals surface area (Å²) in [4.78, 5) is 3.00. The van der Waals surface area contributed by atoms with Crippen molar-refractivity contribution in [2.45, 2.75) is 37.5 Å². The van der Waals surface area contributed by atoms with Gasteiger partial charge in [-0.25, -0.2) is 4.13 Å². The van der Waals surface area contributed by atoms with Gasteiger partial charge in [0.05, 0.1) is 0 Å². The number of benzene rings is 2. The van der Waals surface area contributed by atoms with Crippen LogP contribution in [0.25, 0.3) is 0 Å². The van der Waals surface area contributed by atoms with Gasteiger partial charge in [-0.15, -0.1) is 0 Å². The molecule has 0 atom stereocenters. The molecule has 0 aromatic heterocycles. The molecule has 1 N–H and O–H groups in total. The van der Waals surface area contributed by atoms with Gasteiger partial charge in [-0.2, -0.15) is 20.4 Å². The molecule has 0 spiro atoms. The summed E-state index contributed by atoms with van der Waals surface area (Å²) in [5.74, 6) is 4.76. The second-order valence-corrected chi connectivity index (χ2v) is 13.1. The first-order valence-corrected chi connectivity index (χ1v) is 12.6. The molecular weight excluding hydrogens is 318 g/mol. The first-order valence-electron chi connectivity index (χ1n) is 8.62. The SMILES string of the molecule is CCS(CC)(NS(CC)(CC)c1ccccc1)c1ccccc1. The molecule has 0 aliphatic rings. The summed E-state index contributed by atoms with van der Waals surface area (Å²) >= 11 is 0. The lowest BCUT2D eigenvalue weighted by molar-refractivity contribution is 1.23. The van der Waals surface area contributed by atoms with Crippen LogP contribution in [0.1, 0.15) is 27.7 Å². The van der Waals surface area contributed by atoms with Gasteiger partial charge in [-0.05, 0) is 47.3 Å². The number of hydrogen-bond acceptors (Lipinski definition) is 1. The first kappa shape index (κ1) is 18.4. The molecule has 0 fully saturated rings. The summed E-state index contributed by atoms with van der Waals surface area (Å²) in [5, 5.41) is 0. The summed E-state index contributed by atoms with van der Waals surface area (Å²) < 4.78 is 4.28. The molecule has 0 radical (unpaired) electrons. The topological polar surface area (TPSA) is 12.0 Å². The van der Waals surface area contributed by atoms with E-state index in [1.54, 1.807) is 0 Å². The Morgan fingerprint density at radius 2 is 0.870 bits per heavy atom. The third kappa shape index (κ3) is 3.78. The molecule has 0 unspecified atom stereocenters. The van der Waals surface area contributed by atoms with Crippen LogP contribution in [0.15, 0.2) is 70.5 Å².